The maximum absolute atomic E-state index is 10.4. The number of thiophene rings is 1. The van der Waals surface area contributed by atoms with Gasteiger partial charge in [-0.25, -0.2) is 0 Å². The van der Waals surface area contributed by atoms with E-state index in [-0.39, 0.29) is 6.04 Å². The normalized spacial score (nSPS) is 15.8. The van der Waals surface area contributed by atoms with E-state index in [0.717, 1.165) is 10.4 Å². The fraction of sp³-hybridized carbons (Fsp3) is 0.375. The predicted octanol–water partition coefficient (Wildman–Crippen LogP) is 4.14. The highest BCUT2D eigenvalue weighted by atomic mass is 35.5. The molecule has 0 aliphatic rings. The molecule has 2 rings (SSSR count). The molecule has 22 heavy (non-hydrogen) atoms. The van der Waals surface area contributed by atoms with Crippen LogP contribution in [0, 0.1) is 0 Å². The second-order valence-electron chi connectivity index (χ2n) is 5.32. The molecule has 120 valence electrons. The second-order valence-corrected chi connectivity index (χ2v) is 7.41. The Balaban J connectivity index is 2.00. The Morgan fingerprint density at radius 3 is 2.36 bits per heavy atom. The molecule has 3 atom stereocenters. The third-order valence-electron chi connectivity index (χ3n) is 3.75. The summed E-state index contributed by atoms with van der Waals surface area (Å²) in [6.45, 7) is 2.32. The summed E-state index contributed by atoms with van der Waals surface area (Å²) in [6, 6.07) is 11.0. The van der Waals surface area contributed by atoms with Gasteiger partial charge in [-0.2, -0.15) is 0 Å². The Labute approximate surface area is 144 Å². The summed E-state index contributed by atoms with van der Waals surface area (Å²) < 4.78 is 0.482. The molecule has 2 N–H and O–H groups in total. The molecule has 0 aliphatic carbocycles. The summed E-state index contributed by atoms with van der Waals surface area (Å²) in [5.41, 5.74) is 0.860. The van der Waals surface area contributed by atoms with Crippen LogP contribution < -0.4 is 0 Å². The van der Waals surface area contributed by atoms with Crippen molar-refractivity contribution in [3.63, 3.8) is 0 Å². The average molecular weight is 360 g/mol. The molecule has 3 unspecified atom stereocenters. The number of aliphatic hydroxyl groups excluding tert-OH is 2. The summed E-state index contributed by atoms with van der Waals surface area (Å²) in [5.74, 6) is 0. The van der Waals surface area contributed by atoms with Crippen LogP contribution in [0.2, 0.25) is 9.36 Å². The summed E-state index contributed by atoms with van der Waals surface area (Å²) in [4.78, 5) is 2.65. The highest BCUT2D eigenvalue weighted by molar-refractivity contribution is 7.17. The Bertz CT molecular complexity index is 586. The third kappa shape index (κ3) is 4.22. The van der Waals surface area contributed by atoms with Crippen LogP contribution in [0.15, 0.2) is 36.4 Å². The van der Waals surface area contributed by atoms with Crippen LogP contribution in [0.4, 0.5) is 0 Å². The zero-order chi connectivity index (χ0) is 16.3. The molecule has 0 spiro atoms. The van der Waals surface area contributed by atoms with Crippen molar-refractivity contribution in [2.45, 2.75) is 25.2 Å². The molecule has 0 fully saturated rings. The molecular formula is C16H19Cl2NO2S. The summed E-state index contributed by atoms with van der Waals surface area (Å²) in [5, 5.41) is 21.2. The second kappa shape index (κ2) is 7.77. The maximum Gasteiger partial charge on any atom is 0.112 e. The molecule has 3 nitrogen and oxygen atoms in total. The molecule has 0 saturated heterocycles. The first-order valence-corrected chi connectivity index (χ1v) is 8.53. The molecule has 6 heteroatoms. The minimum atomic E-state index is -0.689. The molecule has 1 aromatic heterocycles. The van der Waals surface area contributed by atoms with Gasteiger partial charge in [-0.15, -0.1) is 11.3 Å². The summed E-state index contributed by atoms with van der Waals surface area (Å²) in [6.07, 6.45) is -1.31. The fourth-order valence-corrected chi connectivity index (χ4v) is 3.60. The molecule has 0 aliphatic heterocycles. The summed E-state index contributed by atoms with van der Waals surface area (Å²) >= 11 is 13.1. The Morgan fingerprint density at radius 2 is 1.82 bits per heavy atom. The summed E-state index contributed by atoms with van der Waals surface area (Å²) in [7, 11) is 1.87. The molecule has 0 amide bonds. The van der Waals surface area contributed by atoms with E-state index in [4.69, 9.17) is 23.2 Å². The van der Waals surface area contributed by atoms with E-state index in [9.17, 15) is 10.2 Å². The van der Waals surface area contributed by atoms with Gasteiger partial charge in [-0.05, 0) is 25.6 Å². The first-order valence-electron chi connectivity index (χ1n) is 6.96. The highest BCUT2D eigenvalue weighted by Crippen LogP contribution is 2.35. The first kappa shape index (κ1) is 17.7. The van der Waals surface area contributed by atoms with Gasteiger partial charge in [-0.3, -0.25) is 4.90 Å². The first-order chi connectivity index (χ1) is 10.4. The number of hydrogen-bond donors (Lipinski definition) is 2. The minimum absolute atomic E-state index is 0.136. The topological polar surface area (TPSA) is 43.7 Å². The van der Waals surface area contributed by atoms with Crippen molar-refractivity contribution in [2.24, 2.45) is 0 Å². The third-order valence-corrected chi connectivity index (χ3v) is 5.71. The Kier molecular flexibility index (Phi) is 6.26. The van der Waals surface area contributed by atoms with Crippen LogP contribution in [0.1, 0.15) is 29.6 Å². The number of rotatable bonds is 6. The molecule has 0 bridgehead atoms. The van der Waals surface area contributed by atoms with Crippen LogP contribution in [0.5, 0.6) is 0 Å². The van der Waals surface area contributed by atoms with E-state index < -0.39 is 12.2 Å². The van der Waals surface area contributed by atoms with Crippen LogP contribution >= 0.6 is 34.5 Å². The van der Waals surface area contributed by atoms with Gasteiger partial charge in [0.15, 0.2) is 0 Å². The number of hydrogen-bond acceptors (Lipinski definition) is 4. The average Bonchev–Trinajstić information content (AvgIpc) is 2.86. The van der Waals surface area contributed by atoms with E-state index in [1.165, 1.54) is 11.3 Å². The Hall–Kier alpha value is -0.620. The molecule has 1 aromatic carbocycles. The van der Waals surface area contributed by atoms with Crippen molar-refractivity contribution in [1.82, 2.24) is 4.90 Å². The van der Waals surface area contributed by atoms with E-state index in [1.54, 1.807) is 6.07 Å². The van der Waals surface area contributed by atoms with Crippen molar-refractivity contribution in [3.05, 3.63) is 56.2 Å². The van der Waals surface area contributed by atoms with Gasteiger partial charge in [0.05, 0.1) is 11.1 Å². The molecular weight excluding hydrogens is 341 g/mol. The Morgan fingerprint density at radius 1 is 1.18 bits per heavy atom. The smallest absolute Gasteiger partial charge is 0.112 e. The maximum atomic E-state index is 10.4. The quantitative estimate of drug-likeness (QED) is 0.814. The van der Waals surface area contributed by atoms with Crippen molar-refractivity contribution in [3.8, 4) is 0 Å². The van der Waals surface area contributed by atoms with Crippen molar-refractivity contribution >= 4 is 34.5 Å². The number of likely N-dealkylation sites (N-methyl/N-ethyl adjacent to an activating group) is 1. The van der Waals surface area contributed by atoms with E-state index in [2.05, 4.69) is 0 Å². The zero-order valence-corrected chi connectivity index (χ0v) is 14.7. The van der Waals surface area contributed by atoms with Gasteiger partial charge in [0.25, 0.3) is 0 Å². The van der Waals surface area contributed by atoms with Crippen LogP contribution in [0.25, 0.3) is 0 Å². The van der Waals surface area contributed by atoms with Crippen molar-refractivity contribution in [1.29, 1.82) is 0 Å². The number of nitrogens with zero attached hydrogens (tertiary/aromatic N) is 1. The standard InChI is InChI=1S/C16H19Cl2NO2S/c1-10(15(21)11-6-4-3-5-7-11)19(2)9-13(20)14-8-12(17)16(18)22-14/h3-8,10,13,15,20-21H,9H2,1-2H3. The van der Waals surface area contributed by atoms with Gasteiger partial charge in [0, 0.05) is 17.5 Å². The van der Waals surface area contributed by atoms with Crippen molar-refractivity contribution in [2.75, 3.05) is 13.6 Å². The minimum Gasteiger partial charge on any atom is -0.387 e. The zero-order valence-electron chi connectivity index (χ0n) is 12.4. The SMILES string of the molecule is CC(C(O)c1ccccc1)N(C)CC(O)c1cc(Cl)c(Cl)s1. The van der Waals surface area contributed by atoms with E-state index in [0.29, 0.717) is 15.9 Å². The highest BCUT2D eigenvalue weighted by Gasteiger charge is 2.23. The van der Waals surface area contributed by atoms with Gasteiger partial charge in [-0.1, -0.05) is 53.5 Å². The van der Waals surface area contributed by atoms with Crippen molar-refractivity contribution < 1.29 is 10.2 Å². The van der Waals surface area contributed by atoms with Gasteiger partial charge >= 0.3 is 0 Å². The lowest BCUT2D eigenvalue weighted by Gasteiger charge is -2.30. The molecule has 0 saturated carbocycles. The lowest BCUT2D eigenvalue weighted by atomic mass is 10.0. The fourth-order valence-electron chi connectivity index (χ4n) is 2.23. The predicted molar refractivity (Wildman–Crippen MR) is 92.8 cm³/mol. The van der Waals surface area contributed by atoms with Crippen LogP contribution in [-0.4, -0.2) is 34.7 Å². The molecule has 1 heterocycles. The van der Waals surface area contributed by atoms with Gasteiger partial charge < -0.3 is 10.2 Å². The number of halogens is 2. The van der Waals surface area contributed by atoms with E-state index in [1.807, 2.05) is 49.2 Å². The number of benzene rings is 1. The van der Waals surface area contributed by atoms with Gasteiger partial charge in [0.1, 0.15) is 10.4 Å². The van der Waals surface area contributed by atoms with Crippen LogP contribution in [-0.2, 0) is 0 Å². The largest absolute Gasteiger partial charge is 0.387 e. The lowest BCUT2D eigenvalue weighted by molar-refractivity contribution is 0.0423. The molecule has 0 radical (unpaired) electrons. The monoisotopic (exact) mass is 359 g/mol. The van der Waals surface area contributed by atoms with Crippen LogP contribution in [0.3, 0.4) is 0 Å². The van der Waals surface area contributed by atoms with Gasteiger partial charge in [0.2, 0.25) is 0 Å². The van der Waals surface area contributed by atoms with E-state index >= 15 is 0 Å². The molecule has 2 aromatic rings. The lowest BCUT2D eigenvalue weighted by Crippen LogP contribution is -2.37. The number of aliphatic hydroxyl groups is 2.